The zero-order chi connectivity index (χ0) is 25.4. The van der Waals surface area contributed by atoms with Crippen LogP contribution < -0.4 is 11.1 Å². The number of hydrogen-bond donors (Lipinski definition) is 2. The van der Waals surface area contributed by atoms with Gasteiger partial charge in [-0.1, -0.05) is 57.8 Å². The van der Waals surface area contributed by atoms with E-state index >= 15 is 0 Å². The Morgan fingerprint density at radius 3 is 2.63 bits per heavy atom. The molecule has 1 aromatic heterocycles. The summed E-state index contributed by atoms with van der Waals surface area (Å²) in [4.78, 5) is 7.24. The average molecular weight is 500 g/mol. The highest BCUT2D eigenvalue weighted by Gasteiger charge is 2.27. The summed E-state index contributed by atoms with van der Waals surface area (Å²) in [5.41, 5.74) is 9.75. The molecule has 0 spiro atoms. The van der Waals surface area contributed by atoms with Crippen molar-refractivity contribution in [2.24, 2.45) is 17.1 Å². The normalized spacial score (nSPS) is 17.0. The van der Waals surface area contributed by atoms with Crippen LogP contribution in [0.5, 0.6) is 0 Å². The molecule has 194 valence electrons. The molecule has 0 saturated carbocycles. The summed E-state index contributed by atoms with van der Waals surface area (Å²) < 4.78 is 2.26. The lowest BCUT2D eigenvalue weighted by Gasteiger charge is -2.32. The fourth-order valence-electron chi connectivity index (χ4n) is 5.22. The van der Waals surface area contributed by atoms with Crippen LogP contribution in [0.25, 0.3) is 0 Å². The smallest absolute Gasteiger partial charge is 0.123 e. The molecule has 0 aliphatic carbocycles. The van der Waals surface area contributed by atoms with Crippen LogP contribution >= 0.6 is 11.6 Å². The van der Waals surface area contributed by atoms with Crippen molar-refractivity contribution in [3.63, 3.8) is 0 Å². The first-order chi connectivity index (χ1) is 16.7. The Labute approximate surface area is 218 Å². The predicted molar refractivity (Wildman–Crippen MR) is 148 cm³/mol. The number of nitrogens with zero attached hydrogens (tertiary/aromatic N) is 3. The van der Waals surface area contributed by atoms with Crippen LogP contribution in [-0.2, 0) is 13.1 Å². The lowest BCUT2D eigenvalue weighted by Crippen LogP contribution is -2.34. The maximum atomic E-state index is 6.71. The van der Waals surface area contributed by atoms with Gasteiger partial charge in [0.2, 0.25) is 0 Å². The standard InChI is InChI=1S/C29H46ClN5/c1-6-22-12-15-34(16-13-22)21-28-33-14-17-35(28)20-24-18-23(8-11-27(24)30)26(29(3,4)5)10-9-25(31)19-32-7-2/h8,11,14,17-19,22,26,32H,6-7,9-10,12-13,15-16,20-21,31H2,1-5H3/b25-19-. The van der Waals surface area contributed by atoms with Crippen LogP contribution in [0.4, 0.5) is 0 Å². The lowest BCUT2D eigenvalue weighted by atomic mass is 9.73. The summed E-state index contributed by atoms with van der Waals surface area (Å²) in [7, 11) is 0. The van der Waals surface area contributed by atoms with E-state index in [1.54, 1.807) is 0 Å². The van der Waals surface area contributed by atoms with Crippen molar-refractivity contribution in [1.82, 2.24) is 19.8 Å². The van der Waals surface area contributed by atoms with Gasteiger partial charge >= 0.3 is 0 Å². The highest BCUT2D eigenvalue weighted by molar-refractivity contribution is 6.31. The summed E-state index contributed by atoms with van der Waals surface area (Å²) in [6, 6.07) is 6.56. The number of rotatable bonds is 11. The minimum absolute atomic E-state index is 0.119. The molecule has 0 bridgehead atoms. The molecular formula is C29H46ClN5. The van der Waals surface area contributed by atoms with Crippen LogP contribution in [0.1, 0.15) is 89.6 Å². The molecule has 2 aromatic rings. The maximum Gasteiger partial charge on any atom is 0.123 e. The fourth-order valence-corrected chi connectivity index (χ4v) is 5.40. The maximum absolute atomic E-state index is 6.71. The predicted octanol–water partition coefficient (Wildman–Crippen LogP) is 6.53. The molecule has 1 aliphatic rings. The molecule has 1 fully saturated rings. The van der Waals surface area contributed by atoms with Gasteiger partial charge in [0.25, 0.3) is 0 Å². The Kier molecular flexibility index (Phi) is 10.1. The van der Waals surface area contributed by atoms with E-state index in [0.29, 0.717) is 5.92 Å². The molecule has 2 heterocycles. The second-order valence-electron chi connectivity index (χ2n) is 11.2. The molecule has 3 rings (SSSR count). The van der Waals surface area contributed by atoms with Crippen molar-refractivity contribution >= 4 is 11.6 Å². The number of likely N-dealkylation sites (tertiary alicyclic amines) is 1. The molecule has 1 unspecified atom stereocenters. The van der Waals surface area contributed by atoms with Gasteiger partial charge in [-0.15, -0.1) is 0 Å². The first kappa shape index (κ1) is 27.6. The second-order valence-corrected chi connectivity index (χ2v) is 11.6. The number of benzene rings is 1. The van der Waals surface area contributed by atoms with Crippen molar-refractivity contribution in [1.29, 1.82) is 0 Å². The summed E-state index contributed by atoms with van der Waals surface area (Å²) in [5, 5.41) is 4.03. The third-order valence-corrected chi connectivity index (χ3v) is 7.89. The number of imidazole rings is 1. The zero-order valence-electron chi connectivity index (χ0n) is 22.5. The third-order valence-electron chi connectivity index (χ3n) is 7.52. The monoisotopic (exact) mass is 499 g/mol. The van der Waals surface area contributed by atoms with Crippen molar-refractivity contribution in [2.75, 3.05) is 19.6 Å². The van der Waals surface area contributed by atoms with Crippen LogP contribution in [0, 0.1) is 11.3 Å². The molecule has 1 saturated heterocycles. The largest absolute Gasteiger partial charge is 0.401 e. The minimum atomic E-state index is 0.119. The number of nitrogens with one attached hydrogen (secondary N) is 1. The van der Waals surface area contributed by atoms with E-state index in [9.17, 15) is 0 Å². The van der Waals surface area contributed by atoms with Crippen molar-refractivity contribution in [3.8, 4) is 0 Å². The summed E-state index contributed by atoms with van der Waals surface area (Å²) in [6.07, 6.45) is 11.7. The Bertz CT molecular complexity index is 950. The SMILES string of the molecule is CCN/C=C(\N)CCC(c1ccc(Cl)c(Cn2ccnc2CN2CCC(CC)CC2)c1)C(C)(C)C. The van der Waals surface area contributed by atoms with Gasteiger partial charge in [-0.3, -0.25) is 4.90 Å². The molecule has 6 heteroatoms. The van der Waals surface area contributed by atoms with E-state index in [1.807, 2.05) is 12.4 Å². The van der Waals surface area contributed by atoms with E-state index in [0.717, 1.165) is 60.5 Å². The van der Waals surface area contributed by atoms with E-state index in [2.05, 4.69) is 73.8 Å². The van der Waals surface area contributed by atoms with Crippen LogP contribution in [-0.4, -0.2) is 34.1 Å². The first-order valence-corrected chi connectivity index (χ1v) is 13.8. The summed E-state index contributed by atoms with van der Waals surface area (Å²) in [5.74, 6) is 2.39. The molecule has 1 aromatic carbocycles. The number of piperidine rings is 1. The summed E-state index contributed by atoms with van der Waals surface area (Å²) in [6.45, 7) is 16.2. The molecule has 1 aliphatic heterocycles. The Morgan fingerprint density at radius 2 is 1.97 bits per heavy atom. The van der Waals surface area contributed by atoms with Gasteiger partial charge in [0.1, 0.15) is 5.82 Å². The lowest BCUT2D eigenvalue weighted by molar-refractivity contribution is 0.170. The summed E-state index contributed by atoms with van der Waals surface area (Å²) >= 11 is 6.71. The Morgan fingerprint density at radius 1 is 1.23 bits per heavy atom. The van der Waals surface area contributed by atoms with E-state index in [-0.39, 0.29) is 5.41 Å². The van der Waals surface area contributed by atoms with Crippen molar-refractivity contribution in [2.45, 2.75) is 85.7 Å². The van der Waals surface area contributed by atoms with E-state index in [1.165, 1.54) is 37.9 Å². The Balaban J connectivity index is 1.74. The molecule has 0 amide bonds. The third kappa shape index (κ3) is 8.01. The van der Waals surface area contributed by atoms with Gasteiger partial charge < -0.3 is 15.6 Å². The van der Waals surface area contributed by atoms with Gasteiger partial charge in [0.15, 0.2) is 0 Å². The number of nitrogens with two attached hydrogens (primary N) is 1. The topological polar surface area (TPSA) is 59.1 Å². The highest BCUT2D eigenvalue weighted by atomic mass is 35.5. The number of allylic oxidation sites excluding steroid dienone is 1. The molecule has 3 N–H and O–H groups in total. The van der Waals surface area contributed by atoms with Crippen molar-refractivity contribution in [3.05, 3.63) is 64.5 Å². The van der Waals surface area contributed by atoms with Gasteiger partial charge in [-0.2, -0.15) is 0 Å². The van der Waals surface area contributed by atoms with E-state index in [4.69, 9.17) is 22.3 Å². The Hall–Kier alpha value is -1.98. The molecule has 0 radical (unpaired) electrons. The van der Waals surface area contributed by atoms with Gasteiger partial charge in [-0.05, 0) is 80.1 Å². The van der Waals surface area contributed by atoms with Crippen LogP contribution in [0.2, 0.25) is 5.02 Å². The van der Waals surface area contributed by atoms with Gasteiger partial charge in [-0.25, -0.2) is 4.98 Å². The minimum Gasteiger partial charge on any atom is -0.401 e. The average Bonchev–Trinajstić information content (AvgIpc) is 3.25. The quantitative estimate of drug-likeness (QED) is 0.369. The van der Waals surface area contributed by atoms with Crippen molar-refractivity contribution < 1.29 is 0 Å². The molecule has 35 heavy (non-hydrogen) atoms. The molecule has 1 atom stereocenters. The van der Waals surface area contributed by atoms with E-state index < -0.39 is 0 Å². The highest BCUT2D eigenvalue weighted by Crippen LogP contribution is 2.40. The number of hydrogen-bond acceptors (Lipinski definition) is 4. The first-order valence-electron chi connectivity index (χ1n) is 13.4. The fraction of sp³-hybridized carbons (Fsp3) is 0.621. The second kappa shape index (κ2) is 12.8. The molecule has 5 nitrogen and oxygen atoms in total. The van der Waals surface area contributed by atoms with Crippen LogP contribution in [0.15, 0.2) is 42.5 Å². The van der Waals surface area contributed by atoms with Crippen LogP contribution in [0.3, 0.4) is 0 Å². The molecular weight excluding hydrogens is 454 g/mol. The van der Waals surface area contributed by atoms with Gasteiger partial charge in [0, 0.05) is 35.9 Å². The number of halogens is 1. The van der Waals surface area contributed by atoms with Gasteiger partial charge in [0.05, 0.1) is 13.1 Å². The zero-order valence-corrected chi connectivity index (χ0v) is 23.2. The number of aromatic nitrogens is 2.